The van der Waals surface area contributed by atoms with E-state index in [0.29, 0.717) is 39.8 Å². The third-order valence-electron chi connectivity index (χ3n) is 20.8. The zero-order valence-electron chi connectivity index (χ0n) is 72.7. The number of aromatic nitrogens is 1. The molecule has 126 heavy (non-hydrogen) atoms. The highest BCUT2D eigenvalue weighted by Gasteiger charge is 2.47. The molecule has 4 aromatic carbocycles. The topological polar surface area (TPSA) is 634 Å². The SMILES string of the molecule is CC(=O)NCCCC[C@@H]1NC(=O)[C@H](Cc2c[nH]c3c(C)cccc23)NC(=O)[C@H]([C@@H](C)O)NC(=O)[C@H](CC(N)=O)NC(=O)[C@@H](NC(C)=O)C(C)(C)SSC(C)(C)[C@@H](C(=O)N[C@@H](Cc2ccc(OCCN)cc2)C(=O)N[C@@H](Cc2ccc3ccccc3c2)C(=O)N[C@@](C)(CCCCN)C(=O)N[C@@H](CCCCNC(C)=O)C(=O)N[C@@H](CC(N)=O)C(=O)NCC(N)=O)NC1=O. The van der Waals surface area contributed by atoms with Gasteiger partial charge in [0.05, 0.1) is 25.5 Å². The number of aliphatic hydroxyl groups excluding tert-OH is 1. The van der Waals surface area contributed by atoms with Gasteiger partial charge in [0.2, 0.25) is 100 Å². The van der Waals surface area contributed by atoms with Gasteiger partial charge in [-0.05, 0) is 158 Å². The highest BCUT2D eigenvalue weighted by atomic mass is 33.1. The van der Waals surface area contributed by atoms with E-state index in [9.17, 15) is 57.8 Å². The van der Waals surface area contributed by atoms with Crippen molar-refractivity contribution in [3.05, 3.63) is 113 Å². The molecule has 0 saturated carbocycles. The second kappa shape index (κ2) is 49.1. The van der Waals surface area contributed by atoms with E-state index in [2.05, 4.69) is 79.4 Å². The molecule has 1 fully saturated rings. The Balaban J connectivity index is 1.54. The number of carbonyl (C=O) groups is 17. The Morgan fingerprint density at radius 3 is 1.79 bits per heavy atom. The van der Waals surface area contributed by atoms with E-state index < -0.39 is 190 Å². The van der Waals surface area contributed by atoms with Crippen LogP contribution in [0.3, 0.4) is 0 Å². The zero-order valence-corrected chi connectivity index (χ0v) is 74.3. The van der Waals surface area contributed by atoms with Crippen LogP contribution in [-0.2, 0) is 101 Å². The molecule has 26 N–H and O–H groups in total. The number of nitrogens with one attached hydrogen (secondary N) is 15. The molecule has 1 saturated heterocycles. The summed E-state index contributed by atoms with van der Waals surface area (Å²) in [6.45, 7) is 14.1. The molecule has 6 rings (SSSR count). The highest BCUT2D eigenvalue weighted by Crippen LogP contribution is 2.47. The second-order valence-electron chi connectivity index (χ2n) is 32.5. The number of fused-ring (bicyclic) bond motifs is 2. The lowest BCUT2D eigenvalue weighted by Gasteiger charge is -2.39. The number of rotatable bonds is 42. The molecule has 1 aliphatic rings. The maximum absolute atomic E-state index is 16.3. The van der Waals surface area contributed by atoms with Crippen LogP contribution in [0.4, 0.5) is 0 Å². The molecule has 0 aliphatic carbocycles. The van der Waals surface area contributed by atoms with Crippen molar-refractivity contribution in [1.82, 2.24) is 79.4 Å². The predicted octanol–water partition coefficient (Wildman–Crippen LogP) is -1.84. The number of benzene rings is 4. The summed E-state index contributed by atoms with van der Waals surface area (Å²) in [5.74, 6) is -15.7. The van der Waals surface area contributed by atoms with Crippen molar-refractivity contribution in [3.8, 4) is 5.75 Å². The Kier molecular flexibility index (Phi) is 40.1. The van der Waals surface area contributed by atoms with Crippen molar-refractivity contribution in [2.45, 2.75) is 241 Å². The highest BCUT2D eigenvalue weighted by molar-refractivity contribution is 8.77. The Labute approximate surface area is 738 Å². The lowest BCUT2D eigenvalue weighted by atomic mass is 9.91. The van der Waals surface area contributed by atoms with Crippen LogP contribution in [0.1, 0.15) is 155 Å². The standard InChI is InChI=1S/C85H122N20O19S2/c1-46-20-19-23-57-55(44-93-68(46)57)41-62-76(117)96-58(24-13-17-35-91-48(3)107)74(115)104-71(84(8,9)126-125-83(6,7)70(95-50(5)109)80(121)101-64(43-66(89)111)77(118)103-69(47(2)106)79(120)99-62)81(122)100-60(39-51-27-30-56(31-28-51)124-37-34-87)75(116)97-61(40-52-26-29-53-21-11-12-22-54(53)38-52)78(119)105-85(10,32-15-16-33-86)82(123)102-59(25-14-18-36-92-49(4)108)73(114)98-63(42-65(88)110)72(113)94-45-67(90)112/h11-12,19-23,26-31,38,44,47,58-64,69-71,93,106H,13-18,24-25,32-37,39-43,45,86-87H2,1-10H3,(H2,88,110)(H2,89,111)(H2,90,112)(H,91,107)(H,92,108)(H,94,113)(H,95,109)(H,96,117)(H,97,116)(H,98,114)(H,99,120)(H,100,122)(H,101,121)(H,102,123)(H,103,118)(H,104,115)(H,105,119)/t47-,58+,59+,60+,61+,62+,63+,64+,69+,70-,71-,85+/m1/s1. The predicted molar refractivity (Wildman–Crippen MR) is 473 cm³/mol. The molecule has 2 heterocycles. The van der Waals surface area contributed by atoms with E-state index in [4.69, 9.17) is 33.4 Å². The number of aromatic amines is 1. The van der Waals surface area contributed by atoms with Crippen LogP contribution in [0.15, 0.2) is 91.1 Å². The maximum Gasteiger partial charge on any atom is 0.246 e. The fourth-order valence-electron chi connectivity index (χ4n) is 13.9. The minimum atomic E-state index is -2.01. The largest absolute Gasteiger partial charge is 0.492 e. The first-order valence-electron chi connectivity index (χ1n) is 41.6. The van der Waals surface area contributed by atoms with Crippen molar-refractivity contribution in [2.75, 3.05) is 39.3 Å². The number of aryl methyl sites for hydroxylation is 1. The van der Waals surface area contributed by atoms with Crippen LogP contribution in [0.2, 0.25) is 0 Å². The minimum Gasteiger partial charge on any atom is -0.492 e. The molecule has 688 valence electrons. The first kappa shape index (κ1) is 103. The minimum absolute atomic E-state index is 0.109. The van der Waals surface area contributed by atoms with Crippen molar-refractivity contribution in [1.29, 1.82) is 0 Å². The number of unbranched alkanes of at least 4 members (excludes halogenated alkanes) is 3. The van der Waals surface area contributed by atoms with E-state index in [-0.39, 0.29) is 115 Å². The van der Waals surface area contributed by atoms with Crippen LogP contribution in [-0.4, -0.2) is 231 Å². The molecular formula is C85H122N20O19S2. The monoisotopic (exact) mass is 1790 g/mol. The van der Waals surface area contributed by atoms with Gasteiger partial charge in [0.15, 0.2) is 0 Å². The summed E-state index contributed by atoms with van der Waals surface area (Å²) in [5, 5.41) is 50.5. The number of carbonyl (C=O) groups excluding carboxylic acids is 17. The first-order chi connectivity index (χ1) is 59.4. The average molecular weight is 1790 g/mol. The smallest absolute Gasteiger partial charge is 0.246 e. The van der Waals surface area contributed by atoms with Crippen LogP contribution >= 0.6 is 21.6 Å². The number of nitrogens with two attached hydrogens (primary N) is 5. The van der Waals surface area contributed by atoms with Crippen LogP contribution in [0.5, 0.6) is 5.75 Å². The maximum atomic E-state index is 16.3. The van der Waals surface area contributed by atoms with E-state index in [0.717, 1.165) is 51.8 Å². The van der Waals surface area contributed by atoms with Crippen LogP contribution in [0.25, 0.3) is 21.7 Å². The summed E-state index contributed by atoms with van der Waals surface area (Å²) in [4.78, 5) is 244. The zero-order chi connectivity index (χ0) is 93.3. The number of hydrogen-bond donors (Lipinski definition) is 21. The normalized spacial score (nSPS) is 19.2. The van der Waals surface area contributed by atoms with Gasteiger partial charge in [0, 0.05) is 86.3 Å². The van der Waals surface area contributed by atoms with E-state index >= 15 is 28.8 Å². The van der Waals surface area contributed by atoms with Gasteiger partial charge in [0.1, 0.15) is 78.3 Å². The molecule has 0 radical (unpaired) electrons. The fourth-order valence-corrected chi connectivity index (χ4v) is 16.7. The molecule has 0 bridgehead atoms. The summed E-state index contributed by atoms with van der Waals surface area (Å²) in [7, 11) is 1.81. The lowest BCUT2D eigenvalue weighted by molar-refractivity contribution is -0.138. The van der Waals surface area contributed by atoms with Crippen molar-refractivity contribution >= 4 is 144 Å². The van der Waals surface area contributed by atoms with Gasteiger partial charge in [-0.2, -0.15) is 0 Å². The third-order valence-corrected chi connectivity index (χ3v) is 25.0. The van der Waals surface area contributed by atoms with Gasteiger partial charge < -0.3 is 118 Å². The molecular weight excluding hydrogens is 1670 g/mol. The summed E-state index contributed by atoms with van der Waals surface area (Å²) in [6, 6.07) is 7.04. The number of hydrogen-bond acceptors (Lipinski definition) is 23. The van der Waals surface area contributed by atoms with Crippen LogP contribution < -0.4 is 108 Å². The number of amides is 17. The van der Waals surface area contributed by atoms with Gasteiger partial charge >= 0.3 is 0 Å². The van der Waals surface area contributed by atoms with E-state index in [1.807, 2.05) is 31.2 Å². The molecule has 12 atom stereocenters. The number of H-pyrrole nitrogens is 1. The molecule has 1 aliphatic heterocycles. The number of primary amides is 3. The number of ether oxygens (including phenoxy) is 1. The van der Waals surface area contributed by atoms with E-state index in [1.54, 1.807) is 66.9 Å². The van der Waals surface area contributed by atoms with Crippen LogP contribution in [0, 0.1) is 6.92 Å². The molecule has 1 aromatic heterocycles. The fraction of sp³-hybridized carbons (Fsp3) is 0.518. The molecule has 0 unspecified atom stereocenters. The molecule has 17 amide bonds. The second-order valence-corrected chi connectivity index (χ2v) is 35.9. The number of aliphatic hydroxyl groups is 1. The molecule has 0 spiro atoms. The Hall–Kier alpha value is -11.9. The summed E-state index contributed by atoms with van der Waals surface area (Å²) in [6.07, 6.45) is -2.10. The lowest BCUT2D eigenvalue weighted by Crippen LogP contribution is -2.65. The average Bonchev–Trinajstić information content (AvgIpc) is 1.44. The summed E-state index contributed by atoms with van der Waals surface area (Å²) >= 11 is 0. The number of para-hydroxylation sites is 1. The quantitative estimate of drug-likeness (QED) is 0.0151. The molecule has 41 heteroatoms. The molecule has 39 nitrogen and oxygen atoms in total. The van der Waals surface area contributed by atoms with Gasteiger partial charge in [0.25, 0.3) is 0 Å². The van der Waals surface area contributed by atoms with Crippen molar-refractivity contribution in [2.24, 2.45) is 28.7 Å². The molecule has 5 aromatic rings. The van der Waals surface area contributed by atoms with Crippen molar-refractivity contribution < 1.29 is 91.4 Å². The van der Waals surface area contributed by atoms with Gasteiger partial charge in [-0.25, -0.2) is 0 Å². The summed E-state index contributed by atoms with van der Waals surface area (Å²) < 4.78 is 2.57. The van der Waals surface area contributed by atoms with Gasteiger partial charge in [-0.15, -0.1) is 0 Å². The van der Waals surface area contributed by atoms with Gasteiger partial charge in [-0.1, -0.05) is 94.4 Å². The van der Waals surface area contributed by atoms with E-state index in [1.165, 1.54) is 48.5 Å². The van der Waals surface area contributed by atoms with Crippen molar-refractivity contribution in [3.63, 3.8) is 0 Å². The summed E-state index contributed by atoms with van der Waals surface area (Å²) in [5.41, 5.74) is 29.0. The van der Waals surface area contributed by atoms with Gasteiger partial charge in [-0.3, -0.25) is 81.5 Å². The Morgan fingerprint density at radius 1 is 0.563 bits per heavy atom. The first-order valence-corrected chi connectivity index (χ1v) is 43.7. The third kappa shape index (κ3) is 32.5. The Morgan fingerprint density at radius 2 is 1.16 bits per heavy atom. The Bertz CT molecular complexity index is 4720.